The number of rotatable bonds is 2. The largest absolute Gasteiger partial charge is 0.496 e. The number of carbonyl (C=O) groups excluding carboxylic acids is 1. The summed E-state index contributed by atoms with van der Waals surface area (Å²) in [5.41, 5.74) is -1.62. The fraction of sp³-hybridized carbons (Fsp3) is 0.462. The van der Waals surface area contributed by atoms with Gasteiger partial charge < -0.3 is 4.74 Å². The molecule has 1 aromatic carbocycles. The van der Waals surface area contributed by atoms with Crippen LogP contribution in [0.3, 0.4) is 0 Å². The van der Waals surface area contributed by atoms with Crippen LogP contribution in [0.5, 0.6) is 5.75 Å². The van der Waals surface area contributed by atoms with Gasteiger partial charge >= 0.3 is 6.18 Å². The lowest BCUT2D eigenvalue weighted by molar-refractivity contribution is -0.138. The highest BCUT2D eigenvalue weighted by Gasteiger charge is 2.35. The van der Waals surface area contributed by atoms with E-state index in [1.807, 2.05) is 0 Å². The molecule has 0 fully saturated rings. The Bertz CT molecular complexity index is 456. The molecule has 0 amide bonds. The van der Waals surface area contributed by atoms with Gasteiger partial charge in [0, 0.05) is 11.0 Å². The van der Waals surface area contributed by atoms with Crippen molar-refractivity contribution in [1.82, 2.24) is 0 Å². The Morgan fingerprint density at radius 3 is 2.11 bits per heavy atom. The number of Topliss-reactive ketones (excluding diaryl/α,β-unsaturated/α-hetero) is 1. The Kier molecular flexibility index (Phi) is 3.74. The van der Waals surface area contributed by atoms with E-state index in [2.05, 4.69) is 4.74 Å². The Labute approximate surface area is 104 Å². The summed E-state index contributed by atoms with van der Waals surface area (Å²) in [4.78, 5) is 11.9. The number of carbonyl (C=O) groups is 1. The molecule has 0 aliphatic heterocycles. The molecule has 0 saturated heterocycles. The highest BCUT2D eigenvalue weighted by atomic mass is 19.4. The van der Waals surface area contributed by atoms with Crippen molar-refractivity contribution < 1.29 is 22.7 Å². The van der Waals surface area contributed by atoms with E-state index in [0.717, 1.165) is 13.2 Å². The van der Waals surface area contributed by atoms with Gasteiger partial charge in [-0.3, -0.25) is 4.79 Å². The molecule has 0 N–H and O–H groups in total. The summed E-state index contributed by atoms with van der Waals surface area (Å²) in [6.45, 7) is 4.98. The fourth-order valence-corrected chi connectivity index (χ4v) is 1.50. The van der Waals surface area contributed by atoms with Crippen LogP contribution in [-0.2, 0) is 6.18 Å². The summed E-state index contributed by atoms with van der Waals surface area (Å²) in [7, 11) is 1.16. The van der Waals surface area contributed by atoms with E-state index in [1.54, 1.807) is 20.8 Å². The number of hydrogen-bond acceptors (Lipinski definition) is 2. The van der Waals surface area contributed by atoms with Gasteiger partial charge in [-0.2, -0.15) is 13.2 Å². The molecular weight excluding hydrogens is 245 g/mol. The van der Waals surface area contributed by atoms with Crippen LogP contribution in [-0.4, -0.2) is 12.9 Å². The average Bonchev–Trinajstić information content (AvgIpc) is 2.24. The zero-order valence-corrected chi connectivity index (χ0v) is 10.7. The molecule has 0 saturated carbocycles. The molecule has 1 aromatic rings. The third kappa shape index (κ3) is 3.03. The van der Waals surface area contributed by atoms with Crippen molar-refractivity contribution in [3.63, 3.8) is 0 Å². The number of halogens is 3. The van der Waals surface area contributed by atoms with Crippen molar-refractivity contribution in [1.29, 1.82) is 0 Å². The topological polar surface area (TPSA) is 26.3 Å². The first-order valence-corrected chi connectivity index (χ1v) is 5.37. The third-order valence-electron chi connectivity index (χ3n) is 2.45. The predicted molar refractivity (Wildman–Crippen MR) is 61.8 cm³/mol. The van der Waals surface area contributed by atoms with E-state index < -0.39 is 17.2 Å². The summed E-state index contributed by atoms with van der Waals surface area (Å²) in [6, 6.07) is 3.36. The smallest absolute Gasteiger partial charge is 0.419 e. The van der Waals surface area contributed by atoms with Crippen molar-refractivity contribution in [2.75, 3.05) is 7.11 Å². The van der Waals surface area contributed by atoms with Crippen molar-refractivity contribution in [2.45, 2.75) is 26.9 Å². The molecule has 0 atom stereocenters. The average molecular weight is 260 g/mol. The molecule has 0 radical (unpaired) electrons. The SMILES string of the molecule is COc1ccc(C(=O)C(C)(C)C)cc1C(F)(F)F. The Morgan fingerprint density at radius 2 is 1.72 bits per heavy atom. The molecule has 1 rings (SSSR count). The third-order valence-corrected chi connectivity index (χ3v) is 2.45. The van der Waals surface area contributed by atoms with Crippen LogP contribution in [0.25, 0.3) is 0 Å². The Balaban J connectivity index is 3.32. The first-order chi connectivity index (χ1) is 8.07. The summed E-state index contributed by atoms with van der Waals surface area (Å²) < 4.78 is 43.0. The molecular formula is C13H15F3O2. The van der Waals surface area contributed by atoms with Crippen LogP contribution in [0, 0.1) is 5.41 Å². The lowest BCUT2D eigenvalue weighted by Gasteiger charge is -2.18. The van der Waals surface area contributed by atoms with Gasteiger partial charge in [-0.05, 0) is 18.2 Å². The maximum atomic E-state index is 12.8. The van der Waals surface area contributed by atoms with Gasteiger partial charge in [-0.1, -0.05) is 20.8 Å². The van der Waals surface area contributed by atoms with Gasteiger partial charge in [0.2, 0.25) is 0 Å². The van der Waals surface area contributed by atoms with Gasteiger partial charge in [0.25, 0.3) is 0 Å². The molecule has 0 aliphatic carbocycles. The minimum Gasteiger partial charge on any atom is -0.496 e. The number of ether oxygens (including phenoxy) is 1. The van der Waals surface area contributed by atoms with E-state index in [-0.39, 0.29) is 17.1 Å². The second kappa shape index (κ2) is 4.63. The van der Waals surface area contributed by atoms with E-state index in [0.29, 0.717) is 0 Å². The van der Waals surface area contributed by atoms with Crippen molar-refractivity contribution in [3.8, 4) is 5.75 Å². The van der Waals surface area contributed by atoms with Crippen LogP contribution in [0.1, 0.15) is 36.7 Å². The lowest BCUT2D eigenvalue weighted by atomic mass is 9.86. The monoisotopic (exact) mass is 260 g/mol. The van der Waals surface area contributed by atoms with Crippen LogP contribution in [0.4, 0.5) is 13.2 Å². The van der Waals surface area contributed by atoms with Crippen molar-refractivity contribution in [2.24, 2.45) is 5.41 Å². The van der Waals surface area contributed by atoms with E-state index in [9.17, 15) is 18.0 Å². The van der Waals surface area contributed by atoms with Gasteiger partial charge in [0.05, 0.1) is 12.7 Å². The number of ketones is 1. The zero-order chi connectivity index (χ0) is 14.1. The minimum atomic E-state index is -4.54. The van der Waals surface area contributed by atoms with Crippen molar-refractivity contribution >= 4 is 5.78 Å². The second-order valence-corrected chi connectivity index (χ2v) is 4.99. The summed E-state index contributed by atoms with van der Waals surface area (Å²) in [5.74, 6) is -0.622. The first-order valence-electron chi connectivity index (χ1n) is 5.37. The number of methoxy groups -OCH3 is 1. The Morgan fingerprint density at radius 1 is 1.17 bits per heavy atom. The molecule has 0 aromatic heterocycles. The molecule has 18 heavy (non-hydrogen) atoms. The number of hydrogen-bond donors (Lipinski definition) is 0. The number of alkyl halides is 3. The number of benzene rings is 1. The normalized spacial score (nSPS) is 12.4. The van der Waals surface area contributed by atoms with Gasteiger partial charge in [0.15, 0.2) is 5.78 Å². The molecule has 0 spiro atoms. The molecule has 100 valence electrons. The lowest BCUT2D eigenvalue weighted by Crippen LogP contribution is -2.21. The van der Waals surface area contributed by atoms with Crippen LogP contribution < -0.4 is 4.74 Å². The van der Waals surface area contributed by atoms with Crippen LogP contribution in [0.15, 0.2) is 18.2 Å². The maximum absolute atomic E-state index is 12.8. The second-order valence-electron chi connectivity index (χ2n) is 4.99. The molecule has 0 aliphatic rings. The highest BCUT2D eigenvalue weighted by Crippen LogP contribution is 2.37. The Hall–Kier alpha value is -1.52. The first kappa shape index (κ1) is 14.5. The quantitative estimate of drug-likeness (QED) is 0.753. The molecule has 0 unspecified atom stereocenters. The zero-order valence-electron chi connectivity index (χ0n) is 10.7. The van der Waals surface area contributed by atoms with E-state index in [4.69, 9.17) is 0 Å². The molecule has 0 heterocycles. The molecule has 2 nitrogen and oxygen atoms in total. The molecule has 5 heteroatoms. The van der Waals surface area contributed by atoms with Crippen LogP contribution in [0.2, 0.25) is 0 Å². The van der Waals surface area contributed by atoms with Gasteiger partial charge in [-0.15, -0.1) is 0 Å². The van der Waals surface area contributed by atoms with Crippen molar-refractivity contribution in [3.05, 3.63) is 29.3 Å². The highest BCUT2D eigenvalue weighted by molar-refractivity contribution is 6.00. The fourth-order valence-electron chi connectivity index (χ4n) is 1.50. The minimum absolute atomic E-state index is 0.0376. The van der Waals surface area contributed by atoms with E-state index in [1.165, 1.54) is 12.1 Å². The standard InChI is InChI=1S/C13H15F3O2/c1-12(2,3)11(17)8-5-6-10(18-4)9(7-8)13(14,15)16/h5-7H,1-4H3. The van der Waals surface area contributed by atoms with Gasteiger partial charge in [-0.25, -0.2) is 0 Å². The maximum Gasteiger partial charge on any atom is 0.419 e. The van der Waals surface area contributed by atoms with E-state index >= 15 is 0 Å². The summed E-state index contributed by atoms with van der Waals surface area (Å²) in [6.07, 6.45) is -4.54. The van der Waals surface area contributed by atoms with Crippen LogP contribution >= 0.6 is 0 Å². The summed E-state index contributed by atoms with van der Waals surface area (Å²) >= 11 is 0. The summed E-state index contributed by atoms with van der Waals surface area (Å²) in [5, 5.41) is 0. The molecule has 0 bridgehead atoms. The van der Waals surface area contributed by atoms with Gasteiger partial charge in [0.1, 0.15) is 5.75 Å². The predicted octanol–water partition coefficient (Wildman–Crippen LogP) is 3.94.